The Kier molecular flexibility index (Phi) is 6.80. The highest BCUT2D eigenvalue weighted by Gasteiger charge is 2.27. The Bertz CT molecular complexity index is 1330. The van der Waals surface area contributed by atoms with Crippen LogP contribution in [0, 0.1) is 6.92 Å². The molecule has 2 aliphatic heterocycles. The fourth-order valence-electron chi connectivity index (χ4n) is 4.39. The summed E-state index contributed by atoms with van der Waals surface area (Å²) in [6, 6.07) is 15.1. The number of likely N-dealkylation sites (N-methyl/N-ethyl adjacent to an activating group) is 1. The lowest BCUT2D eigenvalue weighted by atomic mass is 10.1. The quantitative estimate of drug-likeness (QED) is 0.531. The molecule has 0 unspecified atom stereocenters. The van der Waals surface area contributed by atoms with Gasteiger partial charge in [0.2, 0.25) is 12.7 Å². The number of fused-ring (bicyclic) bond motifs is 2. The molecular weight excluding hydrogens is 474 g/mol. The van der Waals surface area contributed by atoms with Crippen molar-refractivity contribution in [2.75, 3.05) is 26.9 Å². The zero-order valence-electron chi connectivity index (χ0n) is 20.9. The van der Waals surface area contributed by atoms with Crippen LogP contribution in [-0.2, 0) is 24.4 Å². The lowest BCUT2D eigenvalue weighted by molar-refractivity contribution is -0.121. The van der Waals surface area contributed by atoms with Crippen molar-refractivity contribution in [2.45, 2.75) is 33.0 Å². The van der Waals surface area contributed by atoms with E-state index in [0.29, 0.717) is 43.4 Å². The van der Waals surface area contributed by atoms with E-state index in [1.54, 1.807) is 22.7 Å². The van der Waals surface area contributed by atoms with Crippen LogP contribution in [0.5, 0.6) is 11.5 Å². The fraction of sp³-hybridized carbons (Fsp3) is 0.333. The highest BCUT2D eigenvalue weighted by atomic mass is 16.7. The van der Waals surface area contributed by atoms with Crippen LogP contribution >= 0.6 is 0 Å². The Balaban J connectivity index is 1.19. The van der Waals surface area contributed by atoms with Crippen molar-refractivity contribution < 1.29 is 23.9 Å². The van der Waals surface area contributed by atoms with Gasteiger partial charge < -0.3 is 24.6 Å². The van der Waals surface area contributed by atoms with E-state index >= 15 is 0 Å². The van der Waals surface area contributed by atoms with Gasteiger partial charge in [-0.1, -0.05) is 35.9 Å². The summed E-state index contributed by atoms with van der Waals surface area (Å²) in [4.78, 5) is 41.8. The Morgan fingerprint density at radius 3 is 2.59 bits per heavy atom. The Morgan fingerprint density at radius 1 is 1.03 bits per heavy atom. The summed E-state index contributed by atoms with van der Waals surface area (Å²) in [6.07, 6.45) is 0.734. The van der Waals surface area contributed by atoms with E-state index in [2.05, 4.69) is 10.4 Å². The average Bonchev–Trinajstić information content (AvgIpc) is 3.51. The SMILES string of the molecule is Cc1ccc(CN2CCCn3nc(C(=O)N(C)CC(=O)NCc4ccc5c(c4)OCO5)cc3C2=O)cc1. The predicted molar refractivity (Wildman–Crippen MR) is 134 cm³/mol. The van der Waals surface area contributed by atoms with Gasteiger partial charge in [0.1, 0.15) is 5.69 Å². The minimum atomic E-state index is -0.420. The lowest BCUT2D eigenvalue weighted by Gasteiger charge is -2.20. The van der Waals surface area contributed by atoms with Crippen LogP contribution in [0.25, 0.3) is 0 Å². The van der Waals surface area contributed by atoms with Crippen molar-refractivity contribution in [3.05, 3.63) is 76.6 Å². The molecule has 0 radical (unpaired) electrons. The number of aromatic nitrogens is 2. The molecule has 3 aromatic rings. The highest BCUT2D eigenvalue weighted by molar-refractivity contribution is 5.99. The van der Waals surface area contributed by atoms with Crippen molar-refractivity contribution in [1.29, 1.82) is 0 Å². The first-order valence-electron chi connectivity index (χ1n) is 12.2. The first-order chi connectivity index (χ1) is 17.9. The smallest absolute Gasteiger partial charge is 0.274 e. The molecule has 37 heavy (non-hydrogen) atoms. The Morgan fingerprint density at radius 2 is 1.78 bits per heavy atom. The highest BCUT2D eigenvalue weighted by Crippen LogP contribution is 2.32. The molecule has 10 nitrogen and oxygen atoms in total. The van der Waals surface area contributed by atoms with Crippen LogP contribution in [0.1, 0.15) is 44.1 Å². The molecule has 0 fully saturated rings. The molecule has 0 saturated heterocycles. The van der Waals surface area contributed by atoms with Crippen LogP contribution in [0.15, 0.2) is 48.5 Å². The molecule has 10 heteroatoms. The maximum absolute atomic E-state index is 13.2. The normalized spacial score (nSPS) is 14.2. The molecule has 1 aromatic heterocycles. The predicted octanol–water partition coefficient (Wildman–Crippen LogP) is 2.35. The molecule has 192 valence electrons. The number of nitrogens with zero attached hydrogens (tertiary/aromatic N) is 4. The maximum atomic E-state index is 13.2. The second-order valence-corrected chi connectivity index (χ2v) is 9.33. The number of aryl methyl sites for hydroxylation is 2. The van der Waals surface area contributed by atoms with Crippen molar-refractivity contribution >= 4 is 17.7 Å². The second-order valence-electron chi connectivity index (χ2n) is 9.33. The summed E-state index contributed by atoms with van der Waals surface area (Å²) >= 11 is 0. The Labute approximate surface area is 214 Å². The largest absolute Gasteiger partial charge is 0.454 e. The van der Waals surface area contributed by atoms with Gasteiger partial charge in [0, 0.05) is 39.3 Å². The molecular formula is C27H29N5O5. The number of benzene rings is 2. The molecule has 3 amide bonds. The minimum Gasteiger partial charge on any atom is -0.454 e. The standard InChI is InChI=1S/C27H29N5O5/c1-18-4-6-19(7-5-18)15-31-10-3-11-32-22(27(31)35)13-21(29-32)26(34)30(2)16-25(33)28-14-20-8-9-23-24(12-20)37-17-36-23/h4-9,12-13H,3,10-11,14-17H2,1-2H3,(H,28,33). The number of amides is 3. The van der Waals surface area contributed by atoms with E-state index < -0.39 is 5.91 Å². The van der Waals surface area contributed by atoms with E-state index in [1.807, 2.05) is 43.3 Å². The van der Waals surface area contributed by atoms with Gasteiger partial charge in [-0.15, -0.1) is 0 Å². The third kappa shape index (κ3) is 5.42. The van der Waals surface area contributed by atoms with Crippen molar-refractivity contribution in [2.24, 2.45) is 0 Å². The first-order valence-corrected chi connectivity index (χ1v) is 12.2. The molecule has 3 heterocycles. The summed E-state index contributed by atoms with van der Waals surface area (Å²) in [6.45, 7) is 4.02. The first kappa shape index (κ1) is 24.4. The van der Waals surface area contributed by atoms with E-state index in [-0.39, 0.29) is 30.8 Å². The van der Waals surface area contributed by atoms with Gasteiger partial charge in [-0.3, -0.25) is 19.1 Å². The van der Waals surface area contributed by atoms with Gasteiger partial charge in [0.15, 0.2) is 17.2 Å². The third-order valence-corrected chi connectivity index (χ3v) is 6.45. The molecule has 5 rings (SSSR count). The van der Waals surface area contributed by atoms with Crippen LogP contribution in [-0.4, -0.2) is 64.2 Å². The zero-order chi connectivity index (χ0) is 25.9. The van der Waals surface area contributed by atoms with Gasteiger partial charge in [-0.2, -0.15) is 5.10 Å². The molecule has 1 N–H and O–H groups in total. The average molecular weight is 504 g/mol. The summed E-state index contributed by atoms with van der Waals surface area (Å²) in [5.74, 6) is 0.432. The number of carbonyl (C=O) groups excluding carboxylic acids is 3. The van der Waals surface area contributed by atoms with E-state index in [4.69, 9.17) is 9.47 Å². The summed E-state index contributed by atoms with van der Waals surface area (Å²) < 4.78 is 12.2. The van der Waals surface area contributed by atoms with Crippen LogP contribution in [0.3, 0.4) is 0 Å². The number of hydrogen-bond donors (Lipinski definition) is 1. The van der Waals surface area contributed by atoms with Gasteiger partial charge in [-0.05, 0) is 36.6 Å². The van der Waals surface area contributed by atoms with Crippen LogP contribution in [0.4, 0.5) is 0 Å². The molecule has 0 bridgehead atoms. The topological polar surface area (TPSA) is 106 Å². The molecule has 2 aromatic carbocycles. The summed E-state index contributed by atoms with van der Waals surface area (Å²) in [5.41, 5.74) is 3.60. The summed E-state index contributed by atoms with van der Waals surface area (Å²) in [7, 11) is 1.54. The molecule has 0 atom stereocenters. The molecule has 0 aliphatic carbocycles. The monoisotopic (exact) mass is 503 g/mol. The Hall–Kier alpha value is -4.34. The maximum Gasteiger partial charge on any atom is 0.274 e. The van der Waals surface area contributed by atoms with Gasteiger partial charge in [0.05, 0.1) is 6.54 Å². The second kappa shape index (κ2) is 10.3. The van der Waals surface area contributed by atoms with Crippen molar-refractivity contribution in [3.63, 3.8) is 0 Å². The minimum absolute atomic E-state index is 0.140. The molecule has 0 saturated carbocycles. The van der Waals surface area contributed by atoms with E-state index in [0.717, 1.165) is 23.1 Å². The molecule has 0 spiro atoms. The summed E-state index contributed by atoms with van der Waals surface area (Å²) in [5, 5.41) is 7.20. The third-order valence-electron chi connectivity index (χ3n) is 6.45. The van der Waals surface area contributed by atoms with Gasteiger partial charge in [-0.25, -0.2) is 0 Å². The van der Waals surface area contributed by atoms with Crippen LogP contribution < -0.4 is 14.8 Å². The van der Waals surface area contributed by atoms with Crippen molar-refractivity contribution in [3.8, 4) is 11.5 Å². The van der Waals surface area contributed by atoms with Crippen molar-refractivity contribution in [1.82, 2.24) is 24.9 Å². The van der Waals surface area contributed by atoms with Crippen LogP contribution in [0.2, 0.25) is 0 Å². The van der Waals surface area contributed by atoms with E-state index in [9.17, 15) is 14.4 Å². The lowest BCUT2D eigenvalue weighted by Crippen LogP contribution is -2.38. The van der Waals surface area contributed by atoms with Gasteiger partial charge >= 0.3 is 0 Å². The molecule has 2 aliphatic rings. The number of carbonyl (C=O) groups is 3. The zero-order valence-corrected chi connectivity index (χ0v) is 20.9. The number of rotatable bonds is 7. The number of ether oxygens (including phenoxy) is 2. The number of hydrogen-bond acceptors (Lipinski definition) is 6. The van der Waals surface area contributed by atoms with E-state index in [1.165, 1.54) is 11.0 Å². The van der Waals surface area contributed by atoms with Gasteiger partial charge in [0.25, 0.3) is 11.8 Å². The number of nitrogens with one attached hydrogen (secondary N) is 1. The fourth-order valence-corrected chi connectivity index (χ4v) is 4.39.